The second kappa shape index (κ2) is 6.34. The summed E-state index contributed by atoms with van der Waals surface area (Å²) in [6.45, 7) is 5.86. The Bertz CT molecular complexity index is 414. The number of hydrogen-bond donors (Lipinski definition) is 0. The molecule has 0 atom stereocenters. The van der Waals surface area contributed by atoms with E-state index in [1.807, 2.05) is 0 Å². The Morgan fingerprint density at radius 1 is 1.24 bits per heavy atom. The van der Waals surface area contributed by atoms with Gasteiger partial charge >= 0.3 is 11.9 Å². The van der Waals surface area contributed by atoms with Crippen LogP contribution >= 0.6 is 11.3 Å². The lowest BCUT2D eigenvalue weighted by Crippen LogP contribution is -2.12. The van der Waals surface area contributed by atoms with E-state index in [9.17, 15) is 9.59 Å². The molecule has 0 spiro atoms. The Morgan fingerprint density at radius 3 is 2.47 bits per heavy atom. The van der Waals surface area contributed by atoms with Crippen LogP contribution in [0.4, 0.5) is 0 Å². The maximum atomic E-state index is 11.6. The fourth-order valence-electron chi connectivity index (χ4n) is 1.29. The first kappa shape index (κ1) is 13.6. The quantitative estimate of drug-likeness (QED) is 0.752. The Kier molecular flexibility index (Phi) is 5.09. The number of thiazole rings is 1. The fourth-order valence-corrected chi connectivity index (χ4v) is 2.12. The van der Waals surface area contributed by atoms with Crippen LogP contribution in [-0.4, -0.2) is 30.1 Å². The van der Waals surface area contributed by atoms with Crippen molar-refractivity contribution in [2.24, 2.45) is 0 Å². The number of carbonyl (C=O) groups excluding carboxylic acids is 2. The summed E-state index contributed by atoms with van der Waals surface area (Å²) in [6.07, 6.45) is 0.00628. The molecule has 1 aromatic heterocycles. The molecule has 5 nitrogen and oxygen atoms in total. The summed E-state index contributed by atoms with van der Waals surface area (Å²) in [5.41, 5.74) is 0.435. The van der Waals surface area contributed by atoms with Crippen LogP contribution in [0.1, 0.15) is 34.2 Å². The predicted molar refractivity (Wildman–Crippen MR) is 63.1 cm³/mol. The van der Waals surface area contributed by atoms with E-state index in [2.05, 4.69) is 4.98 Å². The molecule has 0 amide bonds. The fraction of sp³-hybridized carbons (Fsp3) is 0.545. The predicted octanol–water partition coefficient (Wildman–Crippen LogP) is 1.73. The first-order valence-corrected chi connectivity index (χ1v) is 6.19. The van der Waals surface area contributed by atoms with Gasteiger partial charge < -0.3 is 9.47 Å². The highest BCUT2D eigenvalue weighted by atomic mass is 32.1. The van der Waals surface area contributed by atoms with E-state index in [0.29, 0.717) is 23.8 Å². The van der Waals surface area contributed by atoms with Gasteiger partial charge in [-0.2, -0.15) is 0 Å². The molecular formula is C11H15NO4S. The van der Waals surface area contributed by atoms with Crippen LogP contribution in [0.2, 0.25) is 0 Å². The van der Waals surface area contributed by atoms with Gasteiger partial charge in [-0.1, -0.05) is 0 Å². The molecule has 1 rings (SSSR count). The van der Waals surface area contributed by atoms with Gasteiger partial charge in [-0.3, -0.25) is 4.79 Å². The van der Waals surface area contributed by atoms with Crippen LogP contribution in [0.25, 0.3) is 0 Å². The molecular weight excluding hydrogens is 242 g/mol. The van der Waals surface area contributed by atoms with Gasteiger partial charge in [0.15, 0.2) is 0 Å². The average Bonchev–Trinajstić information content (AvgIpc) is 2.60. The van der Waals surface area contributed by atoms with Crippen molar-refractivity contribution in [3.8, 4) is 0 Å². The molecule has 0 saturated heterocycles. The van der Waals surface area contributed by atoms with Gasteiger partial charge in [-0.05, 0) is 20.8 Å². The van der Waals surface area contributed by atoms with Crippen molar-refractivity contribution in [2.75, 3.05) is 13.2 Å². The number of esters is 2. The molecule has 0 unspecified atom stereocenters. The minimum Gasteiger partial charge on any atom is -0.466 e. The van der Waals surface area contributed by atoms with Crippen molar-refractivity contribution in [1.29, 1.82) is 0 Å². The molecule has 1 aromatic rings. The highest BCUT2D eigenvalue weighted by molar-refractivity contribution is 7.13. The van der Waals surface area contributed by atoms with Crippen LogP contribution < -0.4 is 0 Å². The first-order valence-electron chi connectivity index (χ1n) is 5.37. The number of carbonyl (C=O) groups is 2. The van der Waals surface area contributed by atoms with E-state index < -0.39 is 5.97 Å². The summed E-state index contributed by atoms with van der Waals surface area (Å²) in [7, 11) is 0. The van der Waals surface area contributed by atoms with Crippen molar-refractivity contribution >= 4 is 23.3 Å². The third-order valence-corrected chi connectivity index (χ3v) is 2.88. The molecule has 0 aromatic carbocycles. The monoisotopic (exact) mass is 257 g/mol. The van der Waals surface area contributed by atoms with Crippen LogP contribution in [0, 0.1) is 6.92 Å². The largest absolute Gasteiger partial charge is 0.466 e. The summed E-state index contributed by atoms with van der Waals surface area (Å²) in [4.78, 5) is 27.5. The lowest BCUT2D eigenvalue weighted by atomic mass is 10.3. The van der Waals surface area contributed by atoms with Gasteiger partial charge in [0.25, 0.3) is 0 Å². The van der Waals surface area contributed by atoms with E-state index in [1.165, 1.54) is 11.3 Å². The Hall–Kier alpha value is -1.43. The van der Waals surface area contributed by atoms with Crippen molar-refractivity contribution in [1.82, 2.24) is 4.98 Å². The normalized spacial score (nSPS) is 10.1. The number of hydrogen-bond acceptors (Lipinski definition) is 6. The van der Waals surface area contributed by atoms with E-state index in [0.717, 1.165) is 5.01 Å². The molecule has 0 saturated carbocycles. The van der Waals surface area contributed by atoms with Crippen LogP contribution in [0.5, 0.6) is 0 Å². The molecule has 6 heteroatoms. The van der Waals surface area contributed by atoms with E-state index in [4.69, 9.17) is 9.47 Å². The van der Waals surface area contributed by atoms with E-state index in [-0.39, 0.29) is 12.4 Å². The lowest BCUT2D eigenvalue weighted by molar-refractivity contribution is -0.142. The molecule has 94 valence electrons. The average molecular weight is 257 g/mol. The van der Waals surface area contributed by atoms with Crippen molar-refractivity contribution in [3.63, 3.8) is 0 Å². The standard InChI is InChI=1S/C11H15NO4S/c1-4-15-9(13)6-8-10(11(14)16-5-2)17-7(3)12-8/h4-6H2,1-3H3. The molecule has 1 heterocycles. The van der Waals surface area contributed by atoms with Crippen molar-refractivity contribution in [2.45, 2.75) is 27.2 Å². The highest BCUT2D eigenvalue weighted by Gasteiger charge is 2.20. The number of nitrogens with zero attached hydrogens (tertiary/aromatic N) is 1. The number of ether oxygens (including phenoxy) is 2. The summed E-state index contributed by atoms with van der Waals surface area (Å²) < 4.78 is 9.73. The second-order valence-corrected chi connectivity index (χ2v) is 4.41. The maximum Gasteiger partial charge on any atom is 0.350 e. The molecule has 17 heavy (non-hydrogen) atoms. The van der Waals surface area contributed by atoms with E-state index >= 15 is 0 Å². The number of aromatic nitrogens is 1. The Labute approximate surface area is 104 Å². The summed E-state index contributed by atoms with van der Waals surface area (Å²) in [5, 5.41) is 0.729. The van der Waals surface area contributed by atoms with Gasteiger partial charge in [0.1, 0.15) is 4.88 Å². The lowest BCUT2D eigenvalue weighted by Gasteiger charge is -2.02. The van der Waals surface area contributed by atoms with Crippen LogP contribution in [0.15, 0.2) is 0 Å². The van der Waals surface area contributed by atoms with Gasteiger partial charge in [-0.15, -0.1) is 11.3 Å². The first-order chi connectivity index (χ1) is 8.08. The van der Waals surface area contributed by atoms with Crippen LogP contribution in [0.3, 0.4) is 0 Å². The summed E-state index contributed by atoms with van der Waals surface area (Å²) >= 11 is 1.23. The topological polar surface area (TPSA) is 65.5 Å². The zero-order valence-electron chi connectivity index (χ0n) is 10.1. The second-order valence-electron chi connectivity index (χ2n) is 3.21. The molecule has 0 aliphatic carbocycles. The smallest absolute Gasteiger partial charge is 0.350 e. The van der Waals surface area contributed by atoms with Gasteiger partial charge in [0, 0.05) is 0 Å². The third-order valence-electron chi connectivity index (χ3n) is 1.88. The van der Waals surface area contributed by atoms with Gasteiger partial charge in [0.2, 0.25) is 0 Å². The number of rotatable bonds is 5. The van der Waals surface area contributed by atoms with Gasteiger partial charge in [-0.25, -0.2) is 9.78 Å². The summed E-state index contributed by atoms with van der Waals surface area (Å²) in [5.74, 6) is -0.819. The van der Waals surface area contributed by atoms with E-state index in [1.54, 1.807) is 20.8 Å². The molecule has 0 aliphatic heterocycles. The summed E-state index contributed by atoms with van der Waals surface area (Å²) in [6, 6.07) is 0. The maximum absolute atomic E-state index is 11.6. The van der Waals surface area contributed by atoms with Gasteiger partial charge in [0.05, 0.1) is 30.3 Å². The molecule has 0 fully saturated rings. The SMILES string of the molecule is CCOC(=O)Cc1nc(C)sc1C(=O)OCC. The molecule has 0 bridgehead atoms. The molecule has 0 aliphatic rings. The minimum atomic E-state index is -0.433. The molecule has 0 N–H and O–H groups in total. The van der Waals surface area contributed by atoms with Crippen molar-refractivity contribution in [3.05, 3.63) is 15.6 Å². The zero-order valence-corrected chi connectivity index (χ0v) is 10.9. The van der Waals surface area contributed by atoms with Crippen molar-refractivity contribution < 1.29 is 19.1 Å². The highest BCUT2D eigenvalue weighted by Crippen LogP contribution is 2.20. The van der Waals surface area contributed by atoms with Crippen LogP contribution in [-0.2, 0) is 20.7 Å². The third kappa shape index (κ3) is 3.81. The molecule has 0 radical (unpaired) electrons. The number of aryl methyl sites for hydroxylation is 1. The minimum absolute atomic E-state index is 0.00628. The Morgan fingerprint density at radius 2 is 1.88 bits per heavy atom. The zero-order chi connectivity index (χ0) is 12.8. The Balaban J connectivity index is 2.84.